The molecule has 2 aromatic carbocycles. The lowest BCUT2D eigenvalue weighted by atomic mass is 10.1. The molecule has 1 heterocycles. The fourth-order valence-corrected chi connectivity index (χ4v) is 2.69. The predicted octanol–water partition coefficient (Wildman–Crippen LogP) is 3.08. The van der Waals surface area contributed by atoms with Crippen LogP contribution < -0.4 is 9.64 Å². The molecule has 1 atom stereocenters. The summed E-state index contributed by atoms with van der Waals surface area (Å²) in [6.07, 6.45) is -0.884. The summed E-state index contributed by atoms with van der Waals surface area (Å²) in [4.78, 5) is 36.4. The lowest BCUT2D eigenvalue weighted by Crippen LogP contribution is -2.26. The van der Waals surface area contributed by atoms with Gasteiger partial charge in [0.25, 0.3) is 0 Å². The number of cyclic esters (lactones) is 1. The zero-order chi connectivity index (χ0) is 19.4. The predicted molar refractivity (Wildman–Crippen MR) is 97.3 cm³/mol. The zero-order valence-electron chi connectivity index (χ0n) is 15.0. The number of carbonyl (C=O) groups is 3. The van der Waals surface area contributed by atoms with Crippen LogP contribution >= 0.6 is 0 Å². The third kappa shape index (κ3) is 4.25. The number of ether oxygens (including phenoxy) is 3. The number of hydrogen-bond acceptors (Lipinski definition) is 6. The van der Waals surface area contributed by atoms with Gasteiger partial charge in [0.1, 0.15) is 12.4 Å². The van der Waals surface area contributed by atoms with E-state index in [1.165, 1.54) is 18.9 Å². The SMILES string of the molecule is COC(=O)c1ccc(OC[C@H]2CN(c3ccc(C(C)=O)cc3)C(=O)O2)cc1. The summed E-state index contributed by atoms with van der Waals surface area (Å²) >= 11 is 0. The molecule has 7 nitrogen and oxygen atoms in total. The van der Waals surface area contributed by atoms with Crippen LogP contribution in [0.15, 0.2) is 48.5 Å². The van der Waals surface area contributed by atoms with Gasteiger partial charge in [-0.3, -0.25) is 9.69 Å². The van der Waals surface area contributed by atoms with Gasteiger partial charge in [-0.15, -0.1) is 0 Å². The second-order valence-electron chi connectivity index (χ2n) is 6.05. The first-order valence-corrected chi connectivity index (χ1v) is 8.38. The Morgan fingerprint density at radius 1 is 1.07 bits per heavy atom. The lowest BCUT2D eigenvalue weighted by Gasteiger charge is -2.13. The number of amides is 1. The highest BCUT2D eigenvalue weighted by Gasteiger charge is 2.32. The molecule has 1 aliphatic rings. The summed E-state index contributed by atoms with van der Waals surface area (Å²) in [7, 11) is 1.32. The molecule has 1 amide bonds. The van der Waals surface area contributed by atoms with E-state index in [2.05, 4.69) is 4.74 Å². The standard InChI is InChI=1S/C20H19NO6/c1-13(22)14-3-7-16(8-4-14)21-11-18(27-20(21)24)12-26-17-9-5-15(6-10-17)19(23)25-2/h3-10,18H,11-12H2,1-2H3/t18-/m1/s1. The highest BCUT2D eigenvalue weighted by Crippen LogP contribution is 2.23. The molecular weight excluding hydrogens is 350 g/mol. The van der Waals surface area contributed by atoms with Gasteiger partial charge >= 0.3 is 12.1 Å². The van der Waals surface area contributed by atoms with Crippen molar-refractivity contribution in [2.45, 2.75) is 13.0 Å². The highest BCUT2D eigenvalue weighted by atomic mass is 16.6. The van der Waals surface area contributed by atoms with Gasteiger partial charge in [-0.05, 0) is 55.5 Å². The van der Waals surface area contributed by atoms with Crippen molar-refractivity contribution in [2.75, 3.05) is 25.2 Å². The first-order chi connectivity index (χ1) is 13.0. The average Bonchev–Trinajstić information content (AvgIpc) is 3.07. The van der Waals surface area contributed by atoms with Crippen molar-refractivity contribution in [3.05, 3.63) is 59.7 Å². The van der Waals surface area contributed by atoms with Gasteiger partial charge in [0.2, 0.25) is 0 Å². The molecule has 0 bridgehead atoms. The van der Waals surface area contributed by atoms with Crippen molar-refractivity contribution in [1.82, 2.24) is 0 Å². The molecule has 3 rings (SSSR count). The Labute approximate surface area is 156 Å². The third-order valence-corrected chi connectivity index (χ3v) is 4.17. The third-order valence-electron chi connectivity index (χ3n) is 4.17. The van der Waals surface area contributed by atoms with Crippen molar-refractivity contribution in [2.24, 2.45) is 0 Å². The minimum Gasteiger partial charge on any atom is -0.490 e. The Balaban J connectivity index is 1.57. The van der Waals surface area contributed by atoms with E-state index in [0.717, 1.165) is 0 Å². The van der Waals surface area contributed by atoms with Gasteiger partial charge in [0.15, 0.2) is 11.9 Å². The molecule has 1 fully saturated rings. The first-order valence-electron chi connectivity index (χ1n) is 8.38. The molecule has 0 aromatic heterocycles. The maximum Gasteiger partial charge on any atom is 0.414 e. The monoisotopic (exact) mass is 369 g/mol. The molecular formula is C20H19NO6. The van der Waals surface area contributed by atoms with E-state index in [1.807, 2.05) is 0 Å². The quantitative estimate of drug-likeness (QED) is 0.575. The Bertz CT molecular complexity index is 844. The van der Waals surface area contributed by atoms with Gasteiger partial charge in [-0.2, -0.15) is 0 Å². The smallest absolute Gasteiger partial charge is 0.414 e. The molecule has 0 unspecified atom stereocenters. The number of anilines is 1. The molecule has 140 valence electrons. The Hall–Kier alpha value is -3.35. The fourth-order valence-electron chi connectivity index (χ4n) is 2.69. The molecule has 0 aliphatic carbocycles. The highest BCUT2D eigenvalue weighted by molar-refractivity contribution is 5.95. The number of hydrogen-bond donors (Lipinski definition) is 0. The zero-order valence-corrected chi connectivity index (χ0v) is 15.0. The molecule has 0 radical (unpaired) electrons. The number of ketones is 1. The van der Waals surface area contributed by atoms with Gasteiger partial charge in [-0.1, -0.05) is 0 Å². The van der Waals surface area contributed by atoms with E-state index in [-0.39, 0.29) is 12.4 Å². The molecule has 0 N–H and O–H groups in total. The van der Waals surface area contributed by atoms with Crippen LogP contribution in [0.1, 0.15) is 27.6 Å². The number of methoxy groups -OCH3 is 1. The van der Waals surface area contributed by atoms with E-state index in [1.54, 1.807) is 48.5 Å². The van der Waals surface area contributed by atoms with Crippen LogP contribution in [0.3, 0.4) is 0 Å². The lowest BCUT2D eigenvalue weighted by molar-refractivity contribution is 0.0600. The molecule has 1 saturated heterocycles. The number of Topliss-reactive ketones (excluding diaryl/α,β-unsaturated/α-hetero) is 1. The molecule has 7 heteroatoms. The summed E-state index contributed by atoms with van der Waals surface area (Å²) in [5.41, 5.74) is 1.67. The Morgan fingerprint density at radius 3 is 2.30 bits per heavy atom. The van der Waals surface area contributed by atoms with Gasteiger partial charge in [0.05, 0.1) is 19.2 Å². The molecule has 2 aromatic rings. The number of nitrogens with zero attached hydrogens (tertiary/aromatic N) is 1. The maximum atomic E-state index is 12.1. The Kier molecular flexibility index (Phi) is 5.40. The normalized spacial score (nSPS) is 16.0. The second kappa shape index (κ2) is 7.90. The average molecular weight is 369 g/mol. The second-order valence-corrected chi connectivity index (χ2v) is 6.05. The number of rotatable bonds is 6. The molecule has 27 heavy (non-hydrogen) atoms. The van der Waals surface area contributed by atoms with E-state index < -0.39 is 18.2 Å². The van der Waals surface area contributed by atoms with E-state index in [4.69, 9.17) is 9.47 Å². The molecule has 0 spiro atoms. The van der Waals surface area contributed by atoms with Crippen molar-refractivity contribution in [3.8, 4) is 5.75 Å². The van der Waals surface area contributed by atoms with Gasteiger partial charge in [0, 0.05) is 11.3 Å². The number of esters is 1. The summed E-state index contributed by atoms with van der Waals surface area (Å²) in [5, 5.41) is 0. The van der Waals surface area contributed by atoms with Crippen molar-refractivity contribution < 1.29 is 28.6 Å². The summed E-state index contributed by atoms with van der Waals surface area (Å²) in [5.74, 6) is 0.107. The van der Waals surface area contributed by atoms with Gasteiger partial charge < -0.3 is 14.2 Å². The Morgan fingerprint density at radius 2 is 1.70 bits per heavy atom. The topological polar surface area (TPSA) is 82.1 Å². The van der Waals surface area contributed by atoms with E-state index in [0.29, 0.717) is 29.1 Å². The summed E-state index contributed by atoms with van der Waals surface area (Å²) < 4.78 is 15.6. The number of benzene rings is 2. The van der Waals surface area contributed by atoms with Crippen LogP contribution in [-0.4, -0.2) is 44.2 Å². The summed E-state index contributed by atoms with van der Waals surface area (Å²) in [6.45, 7) is 2.02. The minimum atomic E-state index is -0.458. The van der Waals surface area contributed by atoms with Crippen LogP contribution in [0.5, 0.6) is 5.75 Å². The van der Waals surface area contributed by atoms with Crippen LogP contribution in [0.25, 0.3) is 0 Å². The number of carbonyl (C=O) groups excluding carboxylic acids is 3. The molecule has 1 aliphatic heterocycles. The first kappa shape index (κ1) is 18.4. The van der Waals surface area contributed by atoms with Crippen molar-refractivity contribution in [3.63, 3.8) is 0 Å². The fraction of sp³-hybridized carbons (Fsp3) is 0.250. The van der Waals surface area contributed by atoms with Crippen LogP contribution in [-0.2, 0) is 9.47 Å². The minimum absolute atomic E-state index is 0.0324. The van der Waals surface area contributed by atoms with Crippen LogP contribution in [0.2, 0.25) is 0 Å². The largest absolute Gasteiger partial charge is 0.490 e. The van der Waals surface area contributed by atoms with Crippen molar-refractivity contribution in [1.29, 1.82) is 0 Å². The molecule has 0 saturated carbocycles. The maximum absolute atomic E-state index is 12.1. The summed E-state index contributed by atoms with van der Waals surface area (Å²) in [6, 6.07) is 13.3. The van der Waals surface area contributed by atoms with Crippen LogP contribution in [0, 0.1) is 0 Å². The van der Waals surface area contributed by atoms with Gasteiger partial charge in [-0.25, -0.2) is 9.59 Å². The van der Waals surface area contributed by atoms with Crippen molar-refractivity contribution >= 4 is 23.5 Å². The van der Waals surface area contributed by atoms with Crippen LogP contribution in [0.4, 0.5) is 10.5 Å². The van der Waals surface area contributed by atoms with E-state index in [9.17, 15) is 14.4 Å². The van der Waals surface area contributed by atoms with E-state index >= 15 is 0 Å².